The van der Waals surface area contributed by atoms with Crippen molar-refractivity contribution in [2.75, 3.05) is 0 Å². The summed E-state index contributed by atoms with van der Waals surface area (Å²) in [5.41, 5.74) is -0.352. The smallest absolute Gasteiger partial charge is 0.145 e. The van der Waals surface area contributed by atoms with Crippen molar-refractivity contribution < 1.29 is 10.2 Å². The highest BCUT2D eigenvalue weighted by Crippen LogP contribution is 2.39. The Morgan fingerprint density at radius 3 is 2.94 bits per heavy atom. The van der Waals surface area contributed by atoms with E-state index in [4.69, 9.17) is 11.6 Å². The number of rotatable bonds is 1. The molecule has 0 saturated heterocycles. The lowest BCUT2D eigenvalue weighted by Crippen LogP contribution is -2.37. The quantitative estimate of drug-likeness (QED) is 0.769. The van der Waals surface area contributed by atoms with Crippen molar-refractivity contribution in [1.82, 2.24) is 14.5 Å². The van der Waals surface area contributed by atoms with Crippen LogP contribution in [-0.4, -0.2) is 36.5 Å². The van der Waals surface area contributed by atoms with Crippen molar-refractivity contribution in [2.45, 2.75) is 37.5 Å². The minimum absolute atomic E-state index is 0.177. The van der Waals surface area contributed by atoms with Gasteiger partial charge in [0.15, 0.2) is 0 Å². The third kappa shape index (κ3) is 1.62. The molecule has 2 aromatic rings. The molecule has 1 aliphatic carbocycles. The number of aliphatic hydroxyl groups excluding tert-OH is 1. The normalized spacial score (nSPS) is 32.2. The molecule has 2 N–H and O–H groups in total. The van der Waals surface area contributed by atoms with E-state index in [1.807, 2.05) is 16.8 Å². The SMILES string of the molecule is CC1(O)CCC(n2ccc3c(Cl)ncnc32)C1O. The van der Waals surface area contributed by atoms with Crippen LogP contribution in [0, 0.1) is 0 Å². The largest absolute Gasteiger partial charge is 0.388 e. The summed E-state index contributed by atoms with van der Waals surface area (Å²) in [6, 6.07) is 1.65. The molecule has 1 saturated carbocycles. The summed E-state index contributed by atoms with van der Waals surface area (Å²) >= 11 is 5.99. The fourth-order valence-electron chi connectivity index (χ4n) is 2.66. The molecule has 2 heterocycles. The van der Waals surface area contributed by atoms with Gasteiger partial charge in [0, 0.05) is 6.20 Å². The molecule has 6 heteroatoms. The molecule has 2 aromatic heterocycles. The minimum atomic E-state index is -1.04. The molecule has 3 rings (SSSR count). The Labute approximate surface area is 109 Å². The Balaban J connectivity index is 2.09. The van der Waals surface area contributed by atoms with Crippen LogP contribution in [0.4, 0.5) is 0 Å². The minimum Gasteiger partial charge on any atom is -0.388 e. The fourth-order valence-corrected chi connectivity index (χ4v) is 2.85. The second kappa shape index (κ2) is 3.91. The number of nitrogens with zero attached hydrogens (tertiary/aromatic N) is 3. The van der Waals surface area contributed by atoms with Crippen molar-refractivity contribution in [1.29, 1.82) is 0 Å². The van der Waals surface area contributed by atoms with Crippen molar-refractivity contribution in [3.8, 4) is 0 Å². The second-order valence-electron chi connectivity index (χ2n) is 5.03. The van der Waals surface area contributed by atoms with E-state index in [1.54, 1.807) is 6.92 Å². The Morgan fingerprint density at radius 1 is 1.50 bits per heavy atom. The zero-order valence-corrected chi connectivity index (χ0v) is 10.7. The first kappa shape index (κ1) is 11.9. The van der Waals surface area contributed by atoms with Gasteiger partial charge in [-0.25, -0.2) is 9.97 Å². The lowest BCUT2D eigenvalue weighted by molar-refractivity contribution is -0.0511. The van der Waals surface area contributed by atoms with E-state index in [9.17, 15) is 10.2 Å². The van der Waals surface area contributed by atoms with Gasteiger partial charge in [-0.05, 0) is 25.8 Å². The molecule has 0 amide bonds. The molecule has 3 atom stereocenters. The average molecular weight is 268 g/mol. The van der Waals surface area contributed by atoms with Crippen molar-refractivity contribution in [3.05, 3.63) is 23.7 Å². The molecular formula is C12H14ClN3O2. The standard InChI is InChI=1S/C12H14ClN3O2/c1-12(18)4-2-8(9(12)17)16-5-3-7-10(13)14-6-15-11(7)16/h3,5-6,8-9,17-18H,2,4H2,1H3. The van der Waals surface area contributed by atoms with Crippen LogP contribution in [0.25, 0.3) is 11.0 Å². The van der Waals surface area contributed by atoms with Crippen LogP contribution < -0.4 is 0 Å². The van der Waals surface area contributed by atoms with E-state index in [0.717, 1.165) is 5.39 Å². The van der Waals surface area contributed by atoms with Crippen molar-refractivity contribution in [2.24, 2.45) is 0 Å². The first-order valence-corrected chi connectivity index (χ1v) is 6.26. The summed E-state index contributed by atoms with van der Waals surface area (Å²) in [6.45, 7) is 1.66. The van der Waals surface area contributed by atoms with E-state index >= 15 is 0 Å². The van der Waals surface area contributed by atoms with E-state index < -0.39 is 11.7 Å². The van der Waals surface area contributed by atoms with Gasteiger partial charge in [-0.3, -0.25) is 0 Å². The second-order valence-corrected chi connectivity index (χ2v) is 5.39. The summed E-state index contributed by atoms with van der Waals surface area (Å²) in [7, 11) is 0. The topological polar surface area (TPSA) is 71.2 Å². The van der Waals surface area contributed by atoms with Gasteiger partial charge in [0.1, 0.15) is 23.2 Å². The average Bonchev–Trinajstić information content (AvgIpc) is 2.84. The van der Waals surface area contributed by atoms with Crippen LogP contribution in [0.15, 0.2) is 18.6 Å². The molecule has 0 aliphatic heterocycles. The van der Waals surface area contributed by atoms with Crippen LogP contribution in [0.5, 0.6) is 0 Å². The van der Waals surface area contributed by atoms with Crippen LogP contribution in [0.2, 0.25) is 5.15 Å². The highest BCUT2D eigenvalue weighted by atomic mass is 35.5. The molecule has 1 aliphatic rings. The Kier molecular flexibility index (Phi) is 2.59. The van der Waals surface area contributed by atoms with Crippen molar-refractivity contribution in [3.63, 3.8) is 0 Å². The van der Waals surface area contributed by atoms with Gasteiger partial charge in [0.05, 0.1) is 17.0 Å². The maximum Gasteiger partial charge on any atom is 0.145 e. The summed E-state index contributed by atoms with van der Waals surface area (Å²) in [5, 5.41) is 21.4. The van der Waals surface area contributed by atoms with Gasteiger partial charge >= 0.3 is 0 Å². The molecule has 0 bridgehead atoms. The van der Waals surface area contributed by atoms with Crippen LogP contribution >= 0.6 is 11.6 Å². The van der Waals surface area contributed by atoms with Crippen LogP contribution in [-0.2, 0) is 0 Å². The summed E-state index contributed by atoms with van der Waals surface area (Å²) < 4.78 is 1.87. The lowest BCUT2D eigenvalue weighted by atomic mass is 10.0. The molecule has 18 heavy (non-hydrogen) atoms. The highest BCUT2D eigenvalue weighted by Gasteiger charge is 2.44. The zero-order valence-electron chi connectivity index (χ0n) is 9.91. The zero-order chi connectivity index (χ0) is 12.9. The number of aliphatic hydroxyl groups is 2. The van der Waals surface area contributed by atoms with E-state index in [2.05, 4.69) is 9.97 Å². The Morgan fingerprint density at radius 2 is 2.28 bits per heavy atom. The van der Waals surface area contributed by atoms with E-state index in [0.29, 0.717) is 23.6 Å². The van der Waals surface area contributed by atoms with Gasteiger partial charge in [-0.2, -0.15) is 0 Å². The van der Waals surface area contributed by atoms with Gasteiger partial charge in [0.25, 0.3) is 0 Å². The van der Waals surface area contributed by atoms with Crippen molar-refractivity contribution >= 4 is 22.6 Å². The summed E-state index contributed by atoms with van der Waals surface area (Å²) in [5.74, 6) is 0. The maximum absolute atomic E-state index is 10.2. The molecule has 0 radical (unpaired) electrons. The van der Waals surface area contributed by atoms with Gasteiger partial charge in [-0.15, -0.1) is 0 Å². The molecule has 3 unspecified atom stereocenters. The Hall–Kier alpha value is -1.17. The molecule has 0 spiro atoms. The van der Waals surface area contributed by atoms with Crippen LogP contribution in [0.3, 0.4) is 0 Å². The lowest BCUT2D eigenvalue weighted by Gasteiger charge is -2.25. The van der Waals surface area contributed by atoms with E-state index in [1.165, 1.54) is 6.33 Å². The third-order valence-corrected chi connectivity index (χ3v) is 4.07. The predicted molar refractivity (Wildman–Crippen MR) is 67.4 cm³/mol. The fraction of sp³-hybridized carbons (Fsp3) is 0.500. The first-order valence-electron chi connectivity index (χ1n) is 5.88. The third-order valence-electron chi connectivity index (χ3n) is 3.77. The number of fused-ring (bicyclic) bond motifs is 1. The summed E-state index contributed by atoms with van der Waals surface area (Å²) in [4.78, 5) is 8.13. The predicted octanol–water partition coefficient (Wildman–Crippen LogP) is 1.53. The first-order chi connectivity index (χ1) is 8.50. The molecule has 1 fully saturated rings. The molecular weight excluding hydrogens is 254 g/mol. The number of aromatic nitrogens is 3. The van der Waals surface area contributed by atoms with E-state index in [-0.39, 0.29) is 6.04 Å². The maximum atomic E-state index is 10.2. The molecule has 0 aromatic carbocycles. The monoisotopic (exact) mass is 267 g/mol. The summed E-state index contributed by atoms with van der Waals surface area (Å²) in [6.07, 6.45) is 3.71. The molecule has 96 valence electrons. The number of hydrogen-bond donors (Lipinski definition) is 2. The van der Waals surface area contributed by atoms with Gasteiger partial charge in [-0.1, -0.05) is 11.6 Å². The number of hydrogen-bond acceptors (Lipinski definition) is 4. The van der Waals surface area contributed by atoms with Gasteiger partial charge < -0.3 is 14.8 Å². The Bertz CT molecular complexity index is 596. The van der Waals surface area contributed by atoms with Crippen LogP contribution in [0.1, 0.15) is 25.8 Å². The van der Waals surface area contributed by atoms with Gasteiger partial charge in [0.2, 0.25) is 0 Å². The molecule has 5 nitrogen and oxygen atoms in total. The highest BCUT2D eigenvalue weighted by molar-refractivity contribution is 6.33. The number of halogens is 1.